The highest BCUT2D eigenvalue weighted by atomic mass is 16.5. The van der Waals surface area contributed by atoms with Crippen molar-refractivity contribution in [3.05, 3.63) is 0 Å². The van der Waals surface area contributed by atoms with Crippen LogP contribution in [0.5, 0.6) is 0 Å². The third-order valence-corrected chi connectivity index (χ3v) is 2.46. The van der Waals surface area contributed by atoms with E-state index in [4.69, 9.17) is 9.84 Å². The number of nitrogens with one attached hydrogen (secondary N) is 1. The van der Waals surface area contributed by atoms with Gasteiger partial charge < -0.3 is 15.2 Å². The maximum atomic E-state index is 11.2. The van der Waals surface area contributed by atoms with E-state index in [0.29, 0.717) is 19.1 Å². The summed E-state index contributed by atoms with van der Waals surface area (Å²) in [6.45, 7) is 0.367. The van der Waals surface area contributed by atoms with Gasteiger partial charge in [-0.1, -0.05) is 19.3 Å². The second-order valence-corrected chi connectivity index (χ2v) is 3.69. The molecule has 0 bridgehead atoms. The molecule has 1 aliphatic carbocycles. The first-order valence-corrected chi connectivity index (χ1v) is 5.37. The fourth-order valence-electron chi connectivity index (χ4n) is 1.68. The molecule has 0 spiro atoms. The predicted molar refractivity (Wildman–Crippen MR) is 53.1 cm³/mol. The second kappa shape index (κ2) is 6.65. The highest BCUT2D eigenvalue weighted by molar-refractivity contribution is 5.67. The van der Waals surface area contributed by atoms with Crippen molar-refractivity contribution in [2.24, 2.45) is 0 Å². The molecule has 0 aromatic carbocycles. The lowest BCUT2D eigenvalue weighted by atomic mass is 9.96. The van der Waals surface area contributed by atoms with Crippen LogP contribution in [0.2, 0.25) is 0 Å². The number of rotatable bonds is 4. The number of aliphatic hydroxyl groups is 1. The van der Waals surface area contributed by atoms with Crippen molar-refractivity contribution in [1.29, 1.82) is 0 Å². The molecule has 4 heteroatoms. The number of hydrogen-bond acceptors (Lipinski definition) is 3. The second-order valence-electron chi connectivity index (χ2n) is 3.69. The van der Waals surface area contributed by atoms with E-state index in [1.54, 1.807) is 0 Å². The van der Waals surface area contributed by atoms with E-state index >= 15 is 0 Å². The summed E-state index contributed by atoms with van der Waals surface area (Å²) in [5, 5.41) is 11.3. The maximum Gasteiger partial charge on any atom is 0.407 e. The topological polar surface area (TPSA) is 58.6 Å². The summed E-state index contributed by atoms with van der Waals surface area (Å²) in [7, 11) is 0. The zero-order valence-electron chi connectivity index (χ0n) is 8.50. The Kier molecular flexibility index (Phi) is 5.37. The van der Waals surface area contributed by atoms with Gasteiger partial charge >= 0.3 is 6.09 Å². The molecule has 1 amide bonds. The van der Waals surface area contributed by atoms with Gasteiger partial charge in [0.1, 0.15) is 0 Å². The van der Waals surface area contributed by atoms with Crippen LogP contribution in [0.4, 0.5) is 4.79 Å². The third kappa shape index (κ3) is 4.46. The van der Waals surface area contributed by atoms with Gasteiger partial charge in [-0.2, -0.15) is 0 Å². The first kappa shape index (κ1) is 11.3. The van der Waals surface area contributed by atoms with Crippen LogP contribution < -0.4 is 5.32 Å². The molecule has 1 aliphatic rings. The first-order chi connectivity index (χ1) is 6.83. The molecule has 0 aromatic heterocycles. The lowest BCUT2D eigenvalue weighted by molar-refractivity contribution is 0.129. The third-order valence-electron chi connectivity index (χ3n) is 2.46. The molecule has 1 fully saturated rings. The van der Waals surface area contributed by atoms with E-state index in [0.717, 1.165) is 12.8 Å². The van der Waals surface area contributed by atoms with E-state index in [1.807, 2.05) is 0 Å². The van der Waals surface area contributed by atoms with Crippen LogP contribution >= 0.6 is 0 Å². The Morgan fingerprint density at radius 1 is 1.36 bits per heavy atom. The summed E-state index contributed by atoms with van der Waals surface area (Å²) in [4.78, 5) is 11.2. The standard InChI is InChI=1S/C10H19NO3/c12-7-4-8-14-10(13)11-9-5-2-1-3-6-9/h9,12H,1-8H2,(H,11,13). The Morgan fingerprint density at radius 3 is 2.71 bits per heavy atom. The molecule has 0 atom stereocenters. The average Bonchev–Trinajstić information content (AvgIpc) is 2.20. The number of hydrogen-bond donors (Lipinski definition) is 2. The fourth-order valence-corrected chi connectivity index (χ4v) is 1.68. The molecule has 0 aliphatic heterocycles. The molecule has 4 nitrogen and oxygen atoms in total. The highest BCUT2D eigenvalue weighted by Crippen LogP contribution is 2.17. The number of aliphatic hydroxyl groups excluding tert-OH is 1. The number of carbonyl (C=O) groups is 1. The Balaban J connectivity index is 2.06. The Morgan fingerprint density at radius 2 is 2.07 bits per heavy atom. The van der Waals surface area contributed by atoms with Crippen molar-refractivity contribution in [1.82, 2.24) is 5.32 Å². The molecule has 0 unspecified atom stereocenters. The molecule has 0 aromatic rings. The quantitative estimate of drug-likeness (QED) is 0.676. The summed E-state index contributed by atoms with van der Waals surface area (Å²) < 4.78 is 4.88. The van der Waals surface area contributed by atoms with E-state index in [2.05, 4.69) is 5.32 Å². The molecule has 2 N–H and O–H groups in total. The number of amides is 1. The Bertz CT molecular complexity index is 167. The number of carbonyl (C=O) groups excluding carboxylic acids is 1. The number of alkyl carbamates (subject to hydrolysis) is 1. The summed E-state index contributed by atoms with van der Waals surface area (Å²) in [5.41, 5.74) is 0. The minimum Gasteiger partial charge on any atom is -0.449 e. The summed E-state index contributed by atoms with van der Waals surface area (Å²) >= 11 is 0. The molecule has 0 radical (unpaired) electrons. The van der Waals surface area contributed by atoms with Gasteiger partial charge in [-0.3, -0.25) is 0 Å². The van der Waals surface area contributed by atoms with E-state index in [1.165, 1.54) is 19.3 Å². The molecule has 0 heterocycles. The van der Waals surface area contributed by atoms with Crippen molar-refractivity contribution in [3.63, 3.8) is 0 Å². The van der Waals surface area contributed by atoms with Crippen LogP contribution in [-0.2, 0) is 4.74 Å². The van der Waals surface area contributed by atoms with Gasteiger partial charge in [0.2, 0.25) is 0 Å². The van der Waals surface area contributed by atoms with Crippen molar-refractivity contribution >= 4 is 6.09 Å². The van der Waals surface area contributed by atoms with Gasteiger partial charge in [-0.15, -0.1) is 0 Å². The Hall–Kier alpha value is -0.770. The van der Waals surface area contributed by atoms with Crippen LogP contribution in [0.1, 0.15) is 38.5 Å². The minimum atomic E-state index is -0.342. The molecule has 0 saturated heterocycles. The van der Waals surface area contributed by atoms with E-state index in [9.17, 15) is 4.79 Å². The van der Waals surface area contributed by atoms with E-state index in [-0.39, 0.29) is 12.7 Å². The normalized spacial score (nSPS) is 17.8. The minimum absolute atomic E-state index is 0.0662. The summed E-state index contributed by atoms with van der Waals surface area (Å²) in [6.07, 6.45) is 5.97. The van der Waals surface area contributed by atoms with Crippen molar-refractivity contribution < 1.29 is 14.6 Å². The van der Waals surface area contributed by atoms with Gasteiger partial charge in [-0.05, 0) is 12.8 Å². The zero-order valence-corrected chi connectivity index (χ0v) is 8.50. The molecule has 14 heavy (non-hydrogen) atoms. The first-order valence-electron chi connectivity index (χ1n) is 5.37. The highest BCUT2D eigenvalue weighted by Gasteiger charge is 2.15. The van der Waals surface area contributed by atoms with Gasteiger partial charge in [-0.25, -0.2) is 4.79 Å². The maximum absolute atomic E-state index is 11.2. The van der Waals surface area contributed by atoms with Gasteiger partial charge in [0.05, 0.1) is 6.61 Å². The molecular formula is C10H19NO3. The lowest BCUT2D eigenvalue weighted by Crippen LogP contribution is -2.36. The molecular weight excluding hydrogens is 182 g/mol. The smallest absolute Gasteiger partial charge is 0.407 e. The zero-order chi connectivity index (χ0) is 10.2. The molecule has 1 rings (SSSR count). The van der Waals surface area contributed by atoms with Gasteiger partial charge in [0, 0.05) is 19.1 Å². The predicted octanol–water partition coefficient (Wildman–Crippen LogP) is 1.43. The lowest BCUT2D eigenvalue weighted by Gasteiger charge is -2.22. The largest absolute Gasteiger partial charge is 0.449 e. The number of ether oxygens (including phenoxy) is 1. The summed E-state index contributed by atoms with van der Waals surface area (Å²) in [5.74, 6) is 0. The van der Waals surface area contributed by atoms with Crippen molar-refractivity contribution in [2.75, 3.05) is 13.2 Å². The Labute approximate surface area is 84.6 Å². The van der Waals surface area contributed by atoms with Crippen LogP contribution in [0.3, 0.4) is 0 Å². The van der Waals surface area contributed by atoms with Crippen LogP contribution in [0.15, 0.2) is 0 Å². The average molecular weight is 201 g/mol. The van der Waals surface area contributed by atoms with Gasteiger partial charge in [0.25, 0.3) is 0 Å². The van der Waals surface area contributed by atoms with Crippen LogP contribution in [0.25, 0.3) is 0 Å². The van der Waals surface area contributed by atoms with Crippen LogP contribution in [-0.4, -0.2) is 30.5 Å². The SMILES string of the molecule is O=C(NC1CCCCC1)OCCCO. The van der Waals surface area contributed by atoms with Gasteiger partial charge in [0.15, 0.2) is 0 Å². The fraction of sp³-hybridized carbons (Fsp3) is 0.900. The molecule has 1 saturated carbocycles. The van der Waals surface area contributed by atoms with E-state index < -0.39 is 0 Å². The monoisotopic (exact) mass is 201 g/mol. The summed E-state index contributed by atoms with van der Waals surface area (Å²) in [6, 6.07) is 0.297. The molecule has 82 valence electrons. The van der Waals surface area contributed by atoms with Crippen LogP contribution in [0, 0.1) is 0 Å². The van der Waals surface area contributed by atoms with Crippen molar-refractivity contribution in [2.45, 2.75) is 44.6 Å². The van der Waals surface area contributed by atoms with Crippen molar-refractivity contribution in [3.8, 4) is 0 Å².